The Kier molecular flexibility index (Phi) is 7.16. The van der Waals surface area contributed by atoms with E-state index in [0.29, 0.717) is 23.1 Å². The highest BCUT2D eigenvalue weighted by Crippen LogP contribution is 2.52. The molecule has 3 aromatic rings. The van der Waals surface area contributed by atoms with Gasteiger partial charge in [0.2, 0.25) is 0 Å². The summed E-state index contributed by atoms with van der Waals surface area (Å²) in [6.07, 6.45) is 3.24. The lowest BCUT2D eigenvalue weighted by Crippen LogP contribution is -2.35. The van der Waals surface area contributed by atoms with Crippen molar-refractivity contribution in [3.05, 3.63) is 66.7 Å². The van der Waals surface area contributed by atoms with Crippen molar-refractivity contribution in [3.63, 3.8) is 0 Å². The van der Waals surface area contributed by atoms with E-state index in [0.717, 1.165) is 35.0 Å². The second kappa shape index (κ2) is 9.91. The Labute approximate surface area is 198 Å². The molecule has 4 unspecified atom stereocenters. The summed E-state index contributed by atoms with van der Waals surface area (Å²) < 4.78 is 21.4. The topological polar surface area (TPSA) is 41.6 Å². The smallest absolute Gasteiger partial charge is 0.324 e. The summed E-state index contributed by atoms with van der Waals surface area (Å²) in [5, 5.41) is 6.28. The van der Waals surface area contributed by atoms with E-state index in [-0.39, 0.29) is 6.10 Å². The molecule has 1 N–H and O–H groups in total. The summed E-state index contributed by atoms with van der Waals surface area (Å²) in [4.78, 5) is 2.05. The third-order valence-electron chi connectivity index (χ3n) is 7.01. The van der Waals surface area contributed by atoms with Gasteiger partial charge < -0.3 is 14.5 Å². The van der Waals surface area contributed by atoms with Crippen molar-refractivity contribution >= 4 is 35.0 Å². The molecule has 33 heavy (non-hydrogen) atoms. The van der Waals surface area contributed by atoms with Crippen LogP contribution in [-0.4, -0.2) is 20.2 Å². The molecule has 5 heteroatoms. The van der Waals surface area contributed by atoms with Crippen LogP contribution in [0, 0.1) is 17.8 Å². The molecular weight excluding hydrogens is 427 g/mol. The maximum atomic E-state index is 14.7. The van der Waals surface area contributed by atoms with Crippen molar-refractivity contribution in [1.82, 2.24) is 0 Å². The van der Waals surface area contributed by atoms with Gasteiger partial charge in [-0.1, -0.05) is 63.6 Å². The summed E-state index contributed by atoms with van der Waals surface area (Å²) >= 11 is 0. The number of hydrogen-bond donors (Lipinski definition) is 1. The first-order chi connectivity index (χ1) is 15.8. The zero-order valence-corrected chi connectivity index (χ0v) is 21.4. The molecule has 1 aliphatic carbocycles. The minimum Gasteiger partial charge on any atom is -0.378 e. The first-order valence-electron chi connectivity index (χ1n) is 12.1. The molecule has 176 valence electrons. The fourth-order valence-electron chi connectivity index (χ4n) is 5.01. The van der Waals surface area contributed by atoms with Gasteiger partial charge in [0.15, 0.2) is 0 Å². The Morgan fingerprint density at radius 1 is 0.970 bits per heavy atom. The molecule has 0 aliphatic heterocycles. The minimum absolute atomic E-state index is 0.0319. The first kappa shape index (κ1) is 23.9. The molecular formula is C28H37N2O2P. The Balaban J connectivity index is 1.75. The van der Waals surface area contributed by atoms with Crippen LogP contribution in [0.1, 0.15) is 40.0 Å². The summed E-state index contributed by atoms with van der Waals surface area (Å²) in [7, 11) is 0.631. The fraction of sp³-hybridized carbons (Fsp3) is 0.429. The van der Waals surface area contributed by atoms with Crippen molar-refractivity contribution in [2.75, 3.05) is 24.1 Å². The van der Waals surface area contributed by atoms with E-state index < -0.39 is 7.52 Å². The van der Waals surface area contributed by atoms with Crippen LogP contribution in [0.5, 0.6) is 0 Å². The van der Waals surface area contributed by atoms with Crippen LogP contribution in [0.3, 0.4) is 0 Å². The van der Waals surface area contributed by atoms with E-state index in [1.165, 1.54) is 6.42 Å². The molecule has 4 rings (SSSR count). The largest absolute Gasteiger partial charge is 0.378 e. The predicted molar refractivity (Wildman–Crippen MR) is 142 cm³/mol. The van der Waals surface area contributed by atoms with Gasteiger partial charge in [-0.2, -0.15) is 0 Å². The molecule has 0 heterocycles. The quantitative estimate of drug-likeness (QED) is 0.372. The van der Waals surface area contributed by atoms with E-state index in [2.05, 4.69) is 44.1 Å². The van der Waals surface area contributed by atoms with Crippen LogP contribution in [-0.2, 0) is 9.09 Å². The van der Waals surface area contributed by atoms with E-state index >= 15 is 0 Å². The highest BCUT2D eigenvalue weighted by Gasteiger charge is 2.38. The van der Waals surface area contributed by atoms with Crippen molar-refractivity contribution in [2.24, 2.45) is 17.8 Å². The van der Waals surface area contributed by atoms with Gasteiger partial charge >= 0.3 is 7.52 Å². The number of nitrogens with zero attached hydrogens (tertiary/aromatic N) is 1. The predicted octanol–water partition coefficient (Wildman–Crippen LogP) is 7.31. The minimum atomic E-state index is -3.39. The summed E-state index contributed by atoms with van der Waals surface area (Å²) in [5.74, 6) is 1.47. The normalized spacial score (nSPS) is 22.8. The molecule has 3 aromatic carbocycles. The molecule has 4 atom stereocenters. The van der Waals surface area contributed by atoms with Crippen LogP contribution in [0.25, 0.3) is 10.8 Å². The molecule has 1 aliphatic rings. The van der Waals surface area contributed by atoms with Gasteiger partial charge in [0.25, 0.3) is 0 Å². The monoisotopic (exact) mass is 464 g/mol. The zero-order chi connectivity index (χ0) is 23.6. The van der Waals surface area contributed by atoms with Crippen molar-refractivity contribution in [3.8, 4) is 0 Å². The fourth-order valence-corrected chi connectivity index (χ4v) is 6.99. The van der Waals surface area contributed by atoms with Crippen LogP contribution < -0.4 is 15.3 Å². The standard InChI is InChI=1S/C28H37N2O2P/c1-20(2)25-18-13-21(3)19-28(25)32-33(31,24-16-14-23(15-17-24)30(4)5)29-27-12-8-10-22-9-6-7-11-26(22)27/h6-12,14-17,20-21,25,28H,13,18-19H2,1-5H3,(H,29,31). The molecule has 0 radical (unpaired) electrons. The van der Waals surface area contributed by atoms with Gasteiger partial charge in [0.1, 0.15) is 0 Å². The summed E-state index contributed by atoms with van der Waals surface area (Å²) in [6.45, 7) is 6.79. The lowest BCUT2D eigenvalue weighted by Gasteiger charge is -2.39. The Hall–Kier alpha value is -2.29. The number of nitrogens with one attached hydrogen (secondary N) is 1. The van der Waals surface area contributed by atoms with E-state index in [1.54, 1.807) is 0 Å². The molecule has 0 spiro atoms. The maximum absolute atomic E-state index is 14.7. The third kappa shape index (κ3) is 5.28. The molecule has 4 nitrogen and oxygen atoms in total. The van der Waals surface area contributed by atoms with Crippen LogP contribution in [0.2, 0.25) is 0 Å². The number of hydrogen-bond acceptors (Lipinski definition) is 3. The average molecular weight is 465 g/mol. The van der Waals surface area contributed by atoms with E-state index in [4.69, 9.17) is 4.52 Å². The number of rotatable bonds is 7. The van der Waals surface area contributed by atoms with Gasteiger partial charge in [0.05, 0.1) is 11.4 Å². The Morgan fingerprint density at radius 2 is 1.67 bits per heavy atom. The molecule has 0 bridgehead atoms. The first-order valence-corrected chi connectivity index (χ1v) is 13.7. The molecule has 0 amide bonds. The zero-order valence-electron chi connectivity index (χ0n) is 20.5. The van der Waals surface area contributed by atoms with Gasteiger partial charge in [-0.25, -0.2) is 0 Å². The SMILES string of the molecule is CC1CCC(C(C)C)C(OP(=O)(Nc2cccc3ccccc23)c2ccc(N(C)C)cc2)C1. The van der Waals surface area contributed by atoms with Gasteiger partial charge in [-0.3, -0.25) is 4.57 Å². The molecule has 1 fully saturated rings. The van der Waals surface area contributed by atoms with E-state index in [9.17, 15) is 4.57 Å². The number of anilines is 2. The van der Waals surface area contributed by atoms with Crippen LogP contribution >= 0.6 is 7.52 Å². The Morgan fingerprint density at radius 3 is 2.36 bits per heavy atom. The van der Waals surface area contributed by atoms with Gasteiger partial charge in [-0.05, 0) is 66.3 Å². The second-order valence-corrected chi connectivity index (χ2v) is 12.1. The molecule has 0 aromatic heterocycles. The number of benzene rings is 3. The average Bonchev–Trinajstić information content (AvgIpc) is 2.79. The highest BCUT2D eigenvalue weighted by atomic mass is 31.2. The summed E-state index contributed by atoms with van der Waals surface area (Å²) in [5.41, 5.74) is 1.92. The highest BCUT2D eigenvalue weighted by molar-refractivity contribution is 7.68. The van der Waals surface area contributed by atoms with Gasteiger partial charge in [0, 0.05) is 30.9 Å². The second-order valence-electron chi connectivity index (χ2n) is 10.1. The maximum Gasteiger partial charge on any atom is 0.324 e. The number of fused-ring (bicyclic) bond motifs is 1. The van der Waals surface area contributed by atoms with Crippen LogP contribution in [0.15, 0.2) is 66.7 Å². The van der Waals surface area contributed by atoms with Crippen LogP contribution in [0.4, 0.5) is 11.4 Å². The molecule has 0 saturated heterocycles. The summed E-state index contributed by atoms with van der Waals surface area (Å²) in [6, 6.07) is 22.2. The van der Waals surface area contributed by atoms with E-state index in [1.807, 2.05) is 67.5 Å². The lowest BCUT2D eigenvalue weighted by molar-refractivity contribution is 0.0506. The van der Waals surface area contributed by atoms with Gasteiger partial charge in [-0.15, -0.1) is 0 Å². The van der Waals surface area contributed by atoms with Crippen molar-refractivity contribution < 1.29 is 9.09 Å². The van der Waals surface area contributed by atoms with Crippen molar-refractivity contribution in [2.45, 2.75) is 46.1 Å². The lowest BCUT2D eigenvalue weighted by atomic mass is 9.75. The third-order valence-corrected chi connectivity index (χ3v) is 9.09. The molecule has 1 saturated carbocycles. The Bertz CT molecular complexity index is 1120. The van der Waals surface area contributed by atoms with Crippen molar-refractivity contribution in [1.29, 1.82) is 0 Å².